The summed E-state index contributed by atoms with van der Waals surface area (Å²) in [5.41, 5.74) is 0.263. The van der Waals surface area contributed by atoms with Crippen molar-refractivity contribution >= 4 is 67.6 Å². The number of fused-ring (bicyclic) bond motifs is 1. The fraction of sp³-hybridized carbons (Fsp3) is 0.267. The Bertz CT molecular complexity index is 1030. The molecule has 0 spiro atoms. The molecule has 12 heteroatoms. The number of hydrogen-bond donors (Lipinski definition) is 1. The lowest BCUT2D eigenvalue weighted by Crippen LogP contribution is -2.44. The quantitative estimate of drug-likeness (QED) is 0.594. The molecule has 3 aromatic rings. The number of rotatable bonds is 3. The first-order valence-electron chi connectivity index (χ1n) is 7.74. The molecule has 27 heavy (non-hydrogen) atoms. The van der Waals surface area contributed by atoms with Crippen LogP contribution in [0.2, 0.25) is 0 Å². The van der Waals surface area contributed by atoms with E-state index in [-0.39, 0.29) is 35.4 Å². The van der Waals surface area contributed by atoms with E-state index < -0.39 is 10.0 Å². The van der Waals surface area contributed by atoms with Crippen molar-refractivity contribution < 1.29 is 8.42 Å². The van der Waals surface area contributed by atoms with E-state index in [9.17, 15) is 8.42 Å². The van der Waals surface area contributed by atoms with Crippen molar-refractivity contribution in [2.75, 3.05) is 31.1 Å². The van der Waals surface area contributed by atoms with E-state index in [1.807, 2.05) is 0 Å². The predicted molar refractivity (Wildman–Crippen MR) is 112 cm³/mol. The van der Waals surface area contributed by atoms with Crippen LogP contribution in [0.3, 0.4) is 0 Å². The summed E-state index contributed by atoms with van der Waals surface area (Å²) < 4.78 is 27.3. The summed E-state index contributed by atoms with van der Waals surface area (Å²) in [4.78, 5) is 10.8. The molecule has 0 unspecified atom stereocenters. The van der Waals surface area contributed by atoms with Crippen LogP contribution in [0.1, 0.15) is 0 Å². The summed E-state index contributed by atoms with van der Waals surface area (Å²) in [7, 11) is -3.84. The van der Waals surface area contributed by atoms with Crippen molar-refractivity contribution in [2.24, 2.45) is 0 Å². The van der Waals surface area contributed by atoms with Crippen molar-refractivity contribution in [1.82, 2.24) is 24.5 Å². The standard InChI is InChI=1S/C15H15BrN6O2S.2ClH/c16-13-12-14(21-8-6-17-7-9-21)18-10-19-15(12)22(20-13)25(23,24)11-4-2-1-3-5-11;;/h1-5,10,17H,6-9H2;2*1H. The van der Waals surface area contributed by atoms with Crippen LogP contribution in [0.5, 0.6) is 0 Å². The van der Waals surface area contributed by atoms with Gasteiger partial charge in [0.1, 0.15) is 16.7 Å². The Kier molecular flexibility index (Phi) is 7.03. The molecule has 1 aliphatic rings. The van der Waals surface area contributed by atoms with E-state index in [0.29, 0.717) is 15.8 Å². The zero-order valence-electron chi connectivity index (χ0n) is 13.9. The minimum Gasteiger partial charge on any atom is -0.353 e. The molecule has 0 aliphatic carbocycles. The van der Waals surface area contributed by atoms with Crippen LogP contribution >= 0.6 is 40.7 Å². The first-order chi connectivity index (χ1) is 12.1. The van der Waals surface area contributed by atoms with Crippen molar-refractivity contribution in [3.8, 4) is 0 Å². The molecule has 1 fully saturated rings. The summed E-state index contributed by atoms with van der Waals surface area (Å²) in [6.07, 6.45) is 1.38. The molecule has 1 N–H and O–H groups in total. The molecule has 146 valence electrons. The highest BCUT2D eigenvalue weighted by atomic mass is 79.9. The third kappa shape index (κ3) is 3.90. The number of benzene rings is 1. The maximum atomic E-state index is 12.9. The summed E-state index contributed by atoms with van der Waals surface area (Å²) in [5, 5.41) is 8.08. The first kappa shape index (κ1) is 21.8. The van der Waals surface area contributed by atoms with Crippen LogP contribution in [-0.4, -0.2) is 53.8 Å². The highest BCUT2D eigenvalue weighted by Crippen LogP contribution is 2.31. The molecule has 0 amide bonds. The van der Waals surface area contributed by atoms with Gasteiger partial charge in [-0.05, 0) is 28.1 Å². The normalized spacial score (nSPS) is 14.5. The fourth-order valence-corrected chi connectivity index (χ4v) is 4.72. The molecule has 3 heterocycles. The van der Waals surface area contributed by atoms with E-state index in [1.54, 1.807) is 18.2 Å². The topological polar surface area (TPSA) is 93.0 Å². The number of piperazine rings is 1. The molecular formula is C15H17BrCl2N6O2S. The zero-order valence-corrected chi connectivity index (χ0v) is 18.0. The van der Waals surface area contributed by atoms with Crippen LogP contribution in [0.4, 0.5) is 5.82 Å². The smallest absolute Gasteiger partial charge is 0.284 e. The van der Waals surface area contributed by atoms with Gasteiger partial charge in [0.05, 0.1) is 10.3 Å². The molecule has 0 atom stereocenters. The summed E-state index contributed by atoms with van der Waals surface area (Å²) in [6.45, 7) is 3.27. The third-order valence-corrected chi connectivity index (χ3v) is 6.19. The van der Waals surface area contributed by atoms with Gasteiger partial charge in [0.25, 0.3) is 10.0 Å². The second kappa shape index (κ2) is 8.70. The van der Waals surface area contributed by atoms with Crippen molar-refractivity contribution in [1.29, 1.82) is 0 Å². The van der Waals surface area contributed by atoms with Crippen LogP contribution in [0.25, 0.3) is 11.0 Å². The van der Waals surface area contributed by atoms with Gasteiger partial charge in [-0.25, -0.2) is 9.97 Å². The molecule has 1 aromatic carbocycles. The fourth-order valence-electron chi connectivity index (χ4n) is 2.85. The van der Waals surface area contributed by atoms with E-state index in [4.69, 9.17) is 0 Å². The van der Waals surface area contributed by atoms with Crippen LogP contribution in [-0.2, 0) is 10.0 Å². The van der Waals surface area contributed by atoms with E-state index in [0.717, 1.165) is 30.3 Å². The second-order valence-electron chi connectivity index (χ2n) is 5.58. The summed E-state index contributed by atoms with van der Waals surface area (Å²) in [5.74, 6) is 0.688. The minimum atomic E-state index is -3.84. The average molecular weight is 496 g/mol. The number of aromatic nitrogens is 4. The van der Waals surface area contributed by atoms with Gasteiger partial charge in [-0.15, -0.1) is 34.0 Å². The monoisotopic (exact) mass is 494 g/mol. The lowest BCUT2D eigenvalue weighted by atomic mass is 10.3. The number of nitrogens with zero attached hydrogens (tertiary/aromatic N) is 5. The Morgan fingerprint density at radius 2 is 1.70 bits per heavy atom. The molecule has 1 saturated heterocycles. The largest absolute Gasteiger partial charge is 0.353 e. The SMILES string of the molecule is Cl.Cl.O=S(=O)(c1ccccc1)n1nc(Br)c2c(N3CCNCC3)ncnc21. The van der Waals surface area contributed by atoms with Gasteiger partial charge in [0, 0.05) is 26.2 Å². The number of hydrogen-bond acceptors (Lipinski definition) is 7. The van der Waals surface area contributed by atoms with Crippen molar-refractivity contribution in [3.63, 3.8) is 0 Å². The Labute approximate surface area is 177 Å². The Balaban J connectivity index is 0.00000131. The number of anilines is 1. The third-order valence-electron chi connectivity index (χ3n) is 4.06. The van der Waals surface area contributed by atoms with E-state index in [1.165, 1.54) is 18.5 Å². The van der Waals surface area contributed by atoms with Crippen LogP contribution in [0, 0.1) is 0 Å². The summed E-state index contributed by atoms with van der Waals surface area (Å²) in [6, 6.07) is 8.19. The maximum Gasteiger partial charge on any atom is 0.284 e. The molecule has 8 nitrogen and oxygen atoms in total. The lowest BCUT2D eigenvalue weighted by Gasteiger charge is -2.28. The molecule has 2 aromatic heterocycles. The Hall–Kier alpha value is -1.46. The molecule has 0 radical (unpaired) electrons. The first-order valence-corrected chi connectivity index (χ1v) is 9.98. The van der Waals surface area contributed by atoms with Crippen LogP contribution < -0.4 is 10.2 Å². The Morgan fingerprint density at radius 3 is 2.37 bits per heavy atom. The molecular weight excluding hydrogens is 479 g/mol. The summed E-state index contributed by atoms with van der Waals surface area (Å²) >= 11 is 3.38. The zero-order chi connectivity index (χ0) is 17.4. The van der Waals surface area contributed by atoms with Gasteiger partial charge >= 0.3 is 0 Å². The van der Waals surface area contributed by atoms with E-state index in [2.05, 4.69) is 41.2 Å². The van der Waals surface area contributed by atoms with E-state index >= 15 is 0 Å². The van der Waals surface area contributed by atoms with Gasteiger partial charge in [-0.3, -0.25) is 0 Å². The van der Waals surface area contributed by atoms with Gasteiger partial charge < -0.3 is 10.2 Å². The molecule has 1 aliphatic heterocycles. The highest BCUT2D eigenvalue weighted by Gasteiger charge is 2.27. The van der Waals surface area contributed by atoms with Gasteiger partial charge in [0.15, 0.2) is 5.65 Å². The maximum absolute atomic E-state index is 12.9. The van der Waals surface area contributed by atoms with Crippen molar-refractivity contribution in [3.05, 3.63) is 41.3 Å². The van der Waals surface area contributed by atoms with Crippen molar-refractivity contribution in [2.45, 2.75) is 4.90 Å². The average Bonchev–Trinajstić information content (AvgIpc) is 3.01. The highest BCUT2D eigenvalue weighted by molar-refractivity contribution is 9.10. The number of halogens is 3. The molecule has 0 saturated carbocycles. The molecule has 0 bridgehead atoms. The second-order valence-corrected chi connectivity index (χ2v) is 8.10. The molecule has 4 rings (SSSR count). The van der Waals surface area contributed by atoms with Crippen LogP contribution in [0.15, 0.2) is 46.2 Å². The Morgan fingerprint density at radius 1 is 1.04 bits per heavy atom. The number of nitrogens with one attached hydrogen (secondary N) is 1. The van der Waals surface area contributed by atoms with Gasteiger partial charge in [-0.1, -0.05) is 18.2 Å². The van der Waals surface area contributed by atoms with Gasteiger partial charge in [0.2, 0.25) is 0 Å². The lowest BCUT2D eigenvalue weighted by molar-refractivity contribution is 0.581. The minimum absolute atomic E-state index is 0. The predicted octanol–water partition coefficient (Wildman–Crippen LogP) is 2.08. The van der Waals surface area contributed by atoms with Gasteiger partial charge in [-0.2, -0.15) is 8.42 Å².